The Morgan fingerprint density at radius 3 is 2.77 bits per heavy atom. The van der Waals surface area contributed by atoms with E-state index in [0.29, 0.717) is 6.04 Å². The largest absolute Gasteiger partial charge is 0.390 e. The quantitative estimate of drug-likeness (QED) is 0.619. The molecule has 4 unspecified atom stereocenters. The molecule has 4 atom stereocenters. The van der Waals surface area contributed by atoms with Crippen LogP contribution >= 0.6 is 0 Å². The molecule has 13 heavy (non-hydrogen) atoms. The minimum atomic E-state index is -0.138. The molecule has 0 aromatic carbocycles. The average molecular weight is 184 g/mol. The number of nitrogens with zero attached hydrogens (tertiary/aromatic N) is 2. The third-order valence-corrected chi connectivity index (χ3v) is 3.38. The molecule has 0 aliphatic carbocycles. The molecule has 0 radical (unpaired) electrons. The van der Waals surface area contributed by atoms with Gasteiger partial charge in [-0.1, -0.05) is 6.92 Å². The van der Waals surface area contributed by atoms with E-state index in [-0.39, 0.29) is 6.10 Å². The standard InChI is InChI=1S/C10H20N2O/c1-3-8(2)11-4-9-5-12(9)7-10(13)6-11/h8-10,13H,3-7H2,1-2H3. The van der Waals surface area contributed by atoms with E-state index in [2.05, 4.69) is 23.6 Å². The number of aliphatic hydroxyl groups excluding tert-OH is 1. The van der Waals surface area contributed by atoms with Crippen LogP contribution in [0.5, 0.6) is 0 Å². The SMILES string of the molecule is CCC(C)N1CC(O)CN2CC2C1. The Morgan fingerprint density at radius 1 is 1.31 bits per heavy atom. The first-order valence-corrected chi connectivity index (χ1v) is 5.37. The van der Waals surface area contributed by atoms with Crippen molar-refractivity contribution in [2.24, 2.45) is 0 Å². The van der Waals surface area contributed by atoms with Gasteiger partial charge in [0.05, 0.1) is 6.10 Å². The van der Waals surface area contributed by atoms with Gasteiger partial charge in [0.2, 0.25) is 0 Å². The summed E-state index contributed by atoms with van der Waals surface area (Å²) in [5.41, 5.74) is 0. The minimum Gasteiger partial charge on any atom is -0.390 e. The van der Waals surface area contributed by atoms with Crippen molar-refractivity contribution in [2.45, 2.75) is 38.5 Å². The highest BCUT2D eigenvalue weighted by Gasteiger charge is 2.40. The number of β-amino-alcohol motifs (C(OH)–C–C–N with tert-alkyl or cyclic N) is 1. The summed E-state index contributed by atoms with van der Waals surface area (Å²) < 4.78 is 0. The van der Waals surface area contributed by atoms with E-state index in [1.807, 2.05) is 0 Å². The molecule has 0 amide bonds. The monoisotopic (exact) mass is 184 g/mol. The fourth-order valence-electron chi connectivity index (χ4n) is 2.18. The van der Waals surface area contributed by atoms with Crippen molar-refractivity contribution in [3.05, 3.63) is 0 Å². The predicted octanol–water partition coefficient (Wildman–Crippen LogP) is 0.146. The number of hydrogen-bond donors (Lipinski definition) is 1. The third-order valence-electron chi connectivity index (χ3n) is 3.38. The molecule has 0 saturated carbocycles. The zero-order valence-corrected chi connectivity index (χ0v) is 8.61. The van der Waals surface area contributed by atoms with Crippen LogP contribution in [0.25, 0.3) is 0 Å². The third kappa shape index (κ3) is 2.03. The van der Waals surface area contributed by atoms with Gasteiger partial charge in [0.25, 0.3) is 0 Å². The van der Waals surface area contributed by atoms with Crippen LogP contribution in [-0.2, 0) is 0 Å². The molecule has 2 aliphatic rings. The zero-order chi connectivity index (χ0) is 9.42. The average Bonchev–Trinajstić information content (AvgIpc) is 2.80. The first-order valence-electron chi connectivity index (χ1n) is 5.37. The Morgan fingerprint density at radius 2 is 2.08 bits per heavy atom. The molecule has 2 rings (SSSR count). The van der Waals surface area contributed by atoms with Crippen molar-refractivity contribution in [1.82, 2.24) is 9.80 Å². The zero-order valence-electron chi connectivity index (χ0n) is 8.61. The second-order valence-electron chi connectivity index (χ2n) is 4.47. The van der Waals surface area contributed by atoms with Crippen LogP contribution in [0.15, 0.2) is 0 Å². The number of aliphatic hydroxyl groups is 1. The van der Waals surface area contributed by atoms with Crippen LogP contribution in [0.4, 0.5) is 0 Å². The van der Waals surface area contributed by atoms with Crippen LogP contribution in [0, 0.1) is 0 Å². The summed E-state index contributed by atoms with van der Waals surface area (Å²) in [5, 5.41) is 9.72. The van der Waals surface area contributed by atoms with E-state index >= 15 is 0 Å². The number of hydrogen-bond acceptors (Lipinski definition) is 3. The van der Waals surface area contributed by atoms with Gasteiger partial charge in [-0.2, -0.15) is 0 Å². The van der Waals surface area contributed by atoms with E-state index in [9.17, 15) is 5.11 Å². The summed E-state index contributed by atoms with van der Waals surface area (Å²) in [6.45, 7) is 8.58. The number of rotatable bonds is 2. The molecule has 76 valence electrons. The highest BCUT2D eigenvalue weighted by molar-refractivity contribution is 4.97. The Hall–Kier alpha value is -0.120. The molecule has 2 aliphatic heterocycles. The van der Waals surface area contributed by atoms with Crippen LogP contribution in [0.2, 0.25) is 0 Å². The van der Waals surface area contributed by atoms with E-state index in [0.717, 1.165) is 25.7 Å². The molecule has 2 heterocycles. The molecule has 3 nitrogen and oxygen atoms in total. The predicted molar refractivity (Wildman–Crippen MR) is 52.7 cm³/mol. The fraction of sp³-hybridized carbons (Fsp3) is 1.00. The molecule has 0 spiro atoms. The van der Waals surface area contributed by atoms with Gasteiger partial charge in [-0.15, -0.1) is 0 Å². The molecule has 3 heteroatoms. The van der Waals surface area contributed by atoms with Crippen molar-refractivity contribution in [3.63, 3.8) is 0 Å². The van der Waals surface area contributed by atoms with Crippen LogP contribution in [0.3, 0.4) is 0 Å². The Kier molecular flexibility index (Phi) is 2.58. The molecular formula is C10H20N2O. The van der Waals surface area contributed by atoms with E-state index < -0.39 is 0 Å². The van der Waals surface area contributed by atoms with Gasteiger partial charge in [-0.25, -0.2) is 0 Å². The van der Waals surface area contributed by atoms with Crippen molar-refractivity contribution in [1.29, 1.82) is 0 Å². The maximum absolute atomic E-state index is 9.72. The van der Waals surface area contributed by atoms with Gasteiger partial charge in [-0.3, -0.25) is 9.80 Å². The summed E-state index contributed by atoms with van der Waals surface area (Å²) in [7, 11) is 0. The molecule has 0 aromatic rings. The van der Waals surface area contributed by atoms with Crippen LogP contribution in [0.1, 0.15) is 20.3 Å². The van der Waals surface area contributed by atoms with Crippen molar-refractivity contribution in [3.8, 4) is 0 Å². The smallest absolute Gasteiger partial charge is 0.0794 e. The Bertz CT molecular complexity index is 184. The molecule has 2 saturated heterocycles. The molecule has 1 N–H and O–H groups in total. The molecule has 0 aromatic heterocycles. The van der Waals surface area contributed by atoms with E-state index in [1.54, 1.807) is 0 Å². The number of fused-ring (bicyclic) bond motifs is 1. The maximum Gasteiger partial charge on any atom is 0.0794 e. The van der Waals surface area contributed by atoms with Gasteiger partial charge in [0.1, 0.15) is 0 Å². The van der Waals surface area contributed by atoms with Crippen molar-refractivity contribution < 1.29 is 5.11 Å². The van der Waals surface area contributed by atoms with Gasteiger partial charge in [-0.05, 0) is 13.3 Å². The van der Waals surface area contributed by atoms with E-state index in [4.69, 9.17) is 0 Å². The van der Waals surface area contributed by atoms with Gasteiger partial charge in [0, 0.05) is 38.3 Å². The summed E-state index contributed by atoms with van der Waals surface area (Å²) in [6, 6.07) is 1.36. The topological polar surface area (TPSA) is 26.5 Å². The first-order chi connectivity index (χ1) is 6.20. The molecule has 0 bridgehead atoms. The highest BCUT2D eigenvalue weighted by atomic mass is 16.3. The lowest BCUT2D eigenvalue weighted by Crippen LogP contribution is -2.40. The highest BCUT2D eigenvalue weighted by Crippen LogP contribution is 2.23. The lowest BCUT2D eigenvalue weighted by atomic mass is 10.2. The second kappa shape index (κ2) is 3.56. The summed E-state index contributed by atoms with van der Waals surface area (Å²) in [5.74, 6) is 0. The summed E-state index contributed by atoms with van der Waals surface area (Å²) >= 11 is 0. The van der Waals surface area contributed by atoms with Crippen molar-refractivity contribution >= 4 is 0 Å². The van der Waals surface area contributed by atoms with Gasteiger partial charge in [0.15, 0.2) is 0 Å². The van der Waals surface area contributed by atoms with Crippen LogP contribution < -0.4 is 0 Å². The Balaban J connectivity index is 1.94. The lowest BCUT2D eigenvalue weighted by molar-refractivity contribution is 0.0983. The Labute approximate surface area is 80.3 Å². The maximum atomic E-state index is 9.72. The van der Waals surface area contributed by atoms with Crippen LogP contribution in [-0.4, -0.2) is 59.3 Å². The van der Waals surface area contributed by atoms with Gasteiger partial charge >= 0.3 is 0 Å². The van der Waals surface area contributed by atoms with Gasteiger partial charge < -0.3 is 5.11 Å². The first kappa shape index (κ1) is 9.44. The minimum absolute atomic E-state index is 0.138. The summed E-state index contributed by atoms with van der Waals surface area (Å²) in [6.07, 6.45) is 1.04. The summed E-state index contributed by atoms with van der Waals surface area (Å²) in [4.78, 5) is 4.80. The molecular weight excluding hydrogens is 164 g/mol. The van der Waals surface area contributed by atoms with Crippen molar-refractivity contribution in [2.75, 3.05) is 26.2 Å². The lowest BCUT2D eigenvalue weighted by Gasteiger charge is -2.28. The normalized spacial score (nSPS) is 42.2. The fourth-order valence-corrected chi connectivity index (χ4v) is 2.18. The van der Waals surface area contributed by atoms with E-state index in [1.165, 1.54) is 13.0 Å². The molecule has 2 fully saturated rings. The second-order valence-corrected chi connectivity index (χ2v) is 4.47.